The summed E-state index contributed by atoms with van der Waals surface area (Å²) in [4.78, 5) is 13.9. The number of pyridine rings is 1. The summed E-state index contributed by atoms with van der Waals surface area (Å²) in [5.74, 6) is 3.05. The van der Waals surface area contributed by atoms with E-state index in [0.717, 1.165) is 50.4 Å². The average Bonchev–Trinajstić information content (AvgIpc) is 3.33. The molecule has 1 aromatic rings. The van der Waals surface area contributed by atoms with Crippen molar-refractivity contribution in [3.8, 4) is 0 Å². The van der Waals surface area contributed by atoms with E-state index in [4.69, 9.17) is 4.99 Å². The van der Waals surface area contributed by atoms with Gasteiger partial charge in [-0.25, -0.2) is 4.98 Å². The number of nitrogens with zero attached hydrogens (tertiary/aromatic N) is 4. The summed E-state index contributed by atoms with van der Waals surface area (Å²) in [5.41, 5.74) is 0. The van der Waals surface area contributed by atoms with Gasteiger partial charge in [-0.05, 0) is 37.8 Å². The topological polar surface area (TPSA) is 43.8 Å². The van der Waals surface area contributed by atoms with Crippen molar-refractivity contribution in [2.24, 2.45) is 10.9 Å². The summed E-state index contributed by atoms with van der Waals surface area (Å²) >= 11 is 0. The monoisotopic (exact) mass is 315 g/mol. The Morgan fingerprint density at radius 2 is 2.09 bits per heavy atom. The Kier molecular flexibility index (Phi) is 5.36. The molecule has 5 nitrogen and oxygen atoms in total. The summed E-state index contributed by atoms with van der Waals surface area (Å²) in [7, 11) is 0. The standard InChI is InChI=1S/C18H29N5/c1-3-7-15-14-16(15)21-18(19-4-2)23-12-10-22(11-13-23)17-8-5-6-9-20-17/h5-6,8-9,15-16H,3-4,7,10-14H2,1-2H3,(H,19,21). The Bertz CT molecular complexity index is 507. The molecule has 2 atom stereocenters. The van der Waals surface area contributed by atoms with Crippen molar-refractivity contribution in [3.05, 3.63) is 24.4 Å². The molecule has 126 valence electrons. The summed E-state index contributed by atoms with van der Waals surface area (Å²) in [6, 6.07) is 6.77. The number of guanidine groups is 1. The second kappa shape index (κ2) is 7.66. The van der Waals surface area contributed by atoms with Crippen molar-refractivity contribution in [1.29, 1.82) is 0 Å². The predicted molar refractivity (Wildman–Crippen MR) is 95.9 cm³/mol. The summed E-state index contributed by atoms with van der Waals surface area (Å²) in [5, 5.41) is 3.69. The Morgan fingerprint density at radius 1 is 1.26 bits per heavy atom. The minimum atomic E-state index is 0.647. The maximum absolute atomic E-state index is 4.72. The van der Waals surface area contributed by atoms with Gasteiger partial charge in [-0.15, -0.1) is 0 Å². The maximum Gasteiger partial charge on any atom is 0.194 e. The van der Waals surface area contributed by atoms with E-state index < -0.39 is 0 Å². The van der Waals surface area contributed by atoms with E-state index in [2.05, 4.69) is 46.1 Å². The first-order valence-electron chi connectivity index (χ1n) is 9.03. The molecule has 1 saturated carbocycles. The molecule has 0 amide bonds. The number of anilines is 1. The van der Waals surface area contributed by atoms with Crippen LogP contribution in [0.2, 0.25) is 0 Å². The van der Waals surface area contributed by atoms with Gasteiger partial charge in [0.15, 0.2) is 5.96 Å². The molecule has 2 heterocycles. The summed E-state index contributed by atoms with van der Waals surface area (Å²) < 4.78 is 0. The summed E-state index contributed by atoms with van der Waals surface area (Å²) in [6.45, 7) is 9.25. The van der Waals surface area contributed by atoms with Crippen LogP contribution in [0.15, 0.2) is 29.4 Å². The number of aromatic nitrogens is 1. The lowest BCUT2D eigenvalue weighted by molar-refractivity contribution is 0.369. The lowest BCUT2D eigenvalue weighted by atomic mass is 10.2. The van der Waals surface area contributed by atoms with Crippen LogP contribution < -0.4 is 10.2 Å². The largest absolute Gasteiger partial charge is 0.353 e. The van der Waals surface area contributed by atoms with Crippen molar-refractivity contribution in [3.63, 3.8) is 0 Å². The first-order chi connectivity index (χ1) is 11.3. The molecule has 2 aliphatic rings. The van der Waals surface area contributed by atoms with Crippen LogP contribution in [-0.2, 0) is 0 Å². The third-order valence-corrected chi connectivity index (χ3v) is 4.76. The predicted octanol–water partition coefficient (Wildman–Crippen LogP) is 2.36. The van der Waals surface area contributed by atoms with Gasteiger partial charge in [0.1, 0.15) is 5.82 Å². The highest BCUT2D eigenvalue weighted by Crippen LogP contribution is 2.34. The first-order valence-corrected chi connectivity index (χ1v) is 9.03. The molecule has 5 heteroatoms. The van der Waals surface area contributed by atoms with Gasteiger partial charge in [0.25, 0.3) is 0 Å². The fourth-order valence-corrected chi connectivity index (χ4v) is 3.35. The average molecular weight is 315 g/mol. The van der Waals surface area contributed by atoms with Gasteiger partial charge in [0.05, 0.1) is 0 Å². The molecule has 0 bridgehead atoms. The van der Waals surface area contributed by atoms with E-state index in [1.807, 2.05) is 12.3 Å². The lowest BCUT2D eigenvalue weighted by Crippen LogP contribution is -2.53. The molecule has 0 spiro atoms. The van der Waals surface area contributed by atoms with Crippen molar-refractivity contribution in [2.45, 2.75) is 39.2 Å². The molecule has 1 aliphatic carbocycles. The van der Waals surface area contributed by atoms with Crippen LogP contribution in [0, 0.1) is 5.92 Å². The minimum Gasteiger partial charge on any atom is -0.353 e. The van der Waals surface area contributed by atoms with Crippen molar-refractivity contribution in [2.75, 3.05) is 37.6 Å². The lowest BCUT2D eigenvalue weighted by Gasteiger charge is -2.37. The van der Waals surface area contributed by atoms with E-state index in [9.17, 15) is 0 Å². The molecule has 0 radical (unpaired) electrons. The number of aliphatic imine (C=N–C) groups is 1. The molecule has 3 rings (SSSR count). The second-order valence-corrected chi connectivity index (χ2v) is 6.50. The third kappa shape index (κ3) is 4.15. The number of hydrogen-bond donors (Lipinski definition) is 1. The summed E-state index contributed by atoms with van der Waals surface area (Å²) in [6.07, 6.45) is 5.80. The maximum atomic E-state index is 4.72. The Hall–Kier alpha value is -1.78. The molecule has 1 aromatic heterocycles. The van der Waals surface area contributed by atoms with Crippen LogP contribution in [0.25, 0.3) is 0 Å². The zero-order chi connectivity index (χ0) is 16.1. The fraction of sp³-hybridized carbons (Fsp3) is 0.667. The van der Waals surface area contributed by atoms with Gasteiger partial charge < -0.3 is 15.1 Å². The highest BCUT2D eigenvalue weighted by atomic mass is 15.4. The third-order valence-electron chi connectivity index (χ3n) is 4.76. The Labute approximate surface area is 139 Å². The van der Waals surface area contributed by atoms with Gasteiger partial charge in [0.2, 0.25) is 0 Å². The Morgan fingerprint density at radius 3 is 2.74 bits per heavy atom. The highest BCUT2D eigenvalue weighted by molar-refractivity contribution is 5.81. The van der Waals surface area contributed by atoms with Crippen LogP contribution in [0.4, 0.5) is 5.82 Å². The normalized spacial score (nSPS) is 24.7. The SMILES string of the molecule is CCCC1CC1NC(=NCC)N1CCN(c2ccccn2)CC1. The van der Waals surface area contributed by atoms with Crippen molar-refractivity contribution < 1.29 is 0 Å². The zero-order valence-electron chi connectivity index (χ0n) is 14.4. The van der Waals surface area contributed by atoms with Gasteiger partial charge in [0, 0.05) is 45.0 Å². The van der Waals surface area contributed by atoms with E-state index in [0.29, 0.717) is 6.04 Å². The molecule has 2 fully saturated rings. The molecular weight excluding hydrogens is 286 g/mol. The second-order valence-electron chi connectivity index (χ2n) is 6.50. The first kappa shape index (κ1) is 16.1. The Balaban J connectivity index is 1.53. The van der Waals surface area contributed by atoms with Gasteiger partial charge in [-0.3, -0.25) is 4.99 Å². The molecule has 1 saturated heterocycles. The van der Waals surface area contributed by atoms with Crippen molar-refractivity contribution in [1.82, 2.24) is 15.2 Å². The quantitative estimate of drug-likeness (QED) is 0.669. The van der Waals surface area contributed by atoms with E-state index in [1.54, 1.807) is 0 Å². The van der Waals surface area contributed by atoms with Crippen LogP contribution in [-0.4, -0.2) is 54.6 Å². The van der Waals surface area contributed by atoms with Crippen LogP contribution in [0.3, 0.4) is 0 Å². The minimum absolute atomic E-state index is 0.647. The van der Waals surface area contributed by atoms with Crippen molar-refractivity contribution >= 4 is 11.8 Å². The number of piperazine rings is 1. The van der Waals surface area contributed by atoms with E-state index in [1.165, 1.54) is 19.3 Å². The number of hydrogen-bond acceptors (Lipinski definition) is 3. The molecule has 1 N–H and O–H groups in total. The molecule has 1 aliphatic heterocycles. The van der Waals surface area contributed by atoms with Crippen LogP contribution >= 0.6 is 0 Å². The molecule has 23 heavy (non-hydrogen) atoms. The molecule has 2 unspecified atom stereocenters. The zero-order valence-corrected chi connectivity index (χ0v) is 14.4. The molecule has 0 aromatic carbocycles. The number of nitrogens with one attached hydrogen (secondary N) is 1. The van der Waals surface area contributed by atoms with Gasteiger partial charge in [-0.1, -0.05) is 19.4 Å². The van der Waals surface area contributed by atoms with Crippen LogP contribution in [0.1, 0.15) is 33.1 Å². The fourth-order valence-electron chi connectivity index (χ4n) is 3.35. The van der Waals surface area contributed by atoms with Gasteiger partial charge in [-0.2, -0.15) is 0 Å². The van der Waals surface area contributed by atoms with E-state index in [-0.39, 0.29) is 0 Å². The number of rotatable bonds is 5. The smallest absolute Gasteiger partial charge is 0.194 e. The molecular formula is C18H29N5. The highest BCUT2D eigenvalue weighted by Gasteiger charge is 2.37. The van der Waals surface area contributed by atoms with Gasteiger partial charge >= 0.3 is 0 Å². The van der Waals surface area contributed by atoms with Crippen LogP contribution in [0.5, 0.6) is 0 Å². The van der Waals surface area contributed by atoms with E-state index >= 15 is 0 Å².